The summed E-state index contributed by atoms with van der Waals surface area (Å²) in [5, 5.41) is 5.69. The molecule has 5 aromatic rings. The summed E-state index contributed by atoms with van der Waals surface area (Å²) in [6.45, 7) is 11.2. The van der Waals surface area contributed by atoms with Crippen molar-refractivity contribution in [2.45, 2.75) is 47.1 Å². The molecule has 0 aliphatic heterocycles. The molecule has 0 amide bonds. The third-order valence-electron chi connectivity index (χ3n) is 7.09. The fourth-order valence-electron chi connectivity index (χ4n) is 4.98. The highest BCUT2D eigenvalue weighted by Gasteiger charge is 2.19. The van der Waals surface area contributed by atoms with Crippen molar-refractivity contribution < 1.29 is 9.47 Å². The molecule has 0 saturated heterocycles. The Balaban J connectivity index is 1.66. The van der Waals surface area contributed by atoms with Crippen LogP contribution in [0.3, 0.4) is 0 Å². The monoisotopic (exact) mass is 657 g/mol. The number of ether oxygens (including phenoxy) is 2. The first-order valence-corrected chi connectivity index (χ1v) is 15.3. The number of hydrogen-bond acceptors (Lipinski definition) is 5. The second kappa shape index (κ2) is 13.1. The van der Waals surface area contributed by atoms with E-state index in [1.54, 1.807) is 24.4 Å². The van der Waals surface area contributed by atoms with Crippen molar-refractivity contribution in [1.29, 1.82) is 0 Å². The number of benzene rings is 4. The van der Waals surface area contributed by atoms with Crippen molar-refractivity contribution in [2.75, 3.05) is 6.61 Å². The molecule has 0 N–H and O–H groups in total. The molecule has 0 aliphatic carbocycles. The van der Waals surface area contributed by atoms with Crippen LogP contribution in [-0.2, 0) is 6.61 Å². The highest BCUT2D eigenvalue weighted by Crippen LogP contribution is 2.35. The predicted molar refractivity (Wildman–Crippen MR) is 179 cm³/mol. The number of fused-ring (bicyclic) bond motifs is 1. The standard InChI is InChI=1S/C35H33BrClN3O3/c1-6-42-32-15-23(5)29(18-28(32)21(2)3)34-39-31-13-8-7-12-27(31)35(41)40(34)38-19-25-16-26(37)17-30(36)33(25)43-20-24-11-9-10-22(4)14-24/h7-19,21H,6,20H2,1-5H3. The van der Waals surface area contributed by atoms with Crippen molar-refractivity contribution in [3.05, 3.63) is 120 Å². The van der Waals surface area contributed by atoms with E-state index >= 15 is 0 Å². The zero-order valence-corrected chi connectivity index (χ0v) is 27.2. The number of aryl methyl sites for hydroxylation is 2. The van der Waals surface area contributed by atoms with Crippen LogP contribution >= 0.6 is 27.5 Å². The van der Waals surface area contributed by atoms with E-state index in [4.69, 9.17) is 31.2 Å². The van der Waals surface area contributed by atoms with Gasteiger partial charge in [0.15, 0.2) is 5.82 Å². The number of nitrogens with zero attached hydrogens (tertiary/aromatic N) is 3. The molecule has 8 heteroatoms. The van der Waals surface area contributed by atoms with Gasteiger partial charge in [0.2, 0.25) is 0 Å². The quantitative estimate of drug-likeness (QED) is 0.148. The Morgan fingerprint density at radius 3 is 2.56 bits per heavy atom. The molecule has 0 unspecified atom stereocenters. The molecule has 5 rings (SSSR count). The predicted octanol–water partition coefficient (Wildman–Crippen LogP) is 9.08. The van der Waals surface area contributed by atoms with Gasteiger partial charge in [-0.3, -0.25) is 4.79 Å². The number of para-hydroxylation sites is 1. The highest BCUT2D eigenvalue weighted by atomic mass is 79.9. The number of rotatable bonds is 9. The summed E-state index contributed by atoms with van der Waals surface area (Å²) in [6.07, 6.45) is 1.59. The number of aromatic nitrogens is 2. The third kappa shape index (κ3) is 6.68. The van der Waals surface area contributed by atoms with Gasteiger partial charge in [0.1, 0.15) is 18.1 Å². The molecule has 6 nitrogen and oxygen atoms in total. The van der Waals surface area contributed by atoms with E-state index in [-0.39, 0.29) is 11.5 Å². The van der Waals surface area contributed by atoms with Gasteiger partial charge in [-0.05, 0) is 95.7 Å². The zero-order valence-electron chi connectivity index (χ0n) is 24.8. The minimum Gasteiger partial charge on any atom is -0.494 e. The van der Waals surface area contributed by atoms with Crippen LogP contribution in [0.4, 0.5) is 0 Å². The third-order valence-corrected chi connectivity index (χ3v) is 7.90. The Hall–Kier alpha value is -3.94. The number of halogens is 2. The Morgan fingerprint density at radius 2 is 1.81 bits per heavy atom. The average Bonchev–Trinajstić information content (AvgIpc) is 2.96. The van der Waals surface area contributed by atoms with Crippen LogP contribution in [0.5, 0.6) is 11.5 Å². The van der Waals surface area contributed by atoms with Crippen LogP contribution in [0, 0.1) is 13.8 Å². The van der Waals surface area contributed by atoms with E-state index < -0.39 is 0 Å². The van der Waals surface area contributed by atoms with Crippen molar-refractivity contribution in [2.24, 2.45) is 5.10 Å². The van der Waals surface area contributed by atoms with Crippen molar-refractivity contribution in [1.82, 2.24) is 9.66 Å². The average molecular weight is 659 g/mol. The van der Waals surface area contributed by atoms with Gasteiger partial charge in [-0.1, -0.05) is 67.4 Å². The molecule has 0 aliphatic rings. The van der Waals surface area contributed by atoms with E-state index in [0.29, 0.717) is 50.7 Å². The summed E-state index contributed by atoms with van der Waals surface area (Å²) in [6, 6.07) is 23.0. The Labute approximate surface area is 265 Å². The summed E-state index contributed by atoms with van der Waals surface area (Å²) in [4.78, 5) is 18.9. The molecular formula is C35H33BrClN3O3. The SMILES string of the molecule is CCOc1cc(C)c(-c2nc3ccccc3c(=O)n2N=Cc2cc(Cl)cc(Br)c2OCc2cccc(C)c2)cc1C(C)C. The molecule has 220 valence electrons. The molecule has 1 heterocycles. The van der Waals surface area contributed by atoms with Crippen LogP contribution in [0.1, 0.15) is 54.5 Å². The van der Waals surface area contributed by atoms with Crippen LogP contribution < -0.4 is 15.0 Å². The Morgan fingerprint density at radius 1 is 1.02 bits per heavy atom. The van der Waals surface area contributed by atoms with Gasteiger partial charge >= 0.3 is 0 Å². The van der Waals surface area contributed by atoms with Crippen molar-refractivity contribution >= 4 is 44.6 Å². The van der Waals surface area contributed by atoms with Gasteiger partial charge in [0, 0.05) is 16.1 Å². The molecule has 0 fully saturated rings. The van der Waals surface area contributed by atoms with Crippen LogP contribution in [0.25, 0.3) is 22.3 Å². The lowest BCUT2D eigenvalue weighted by molar-refractivity contribution is 0.304. The molecule has 43 heavy (non-hydrogen) atoms. The first kappa shape index (κ1) is 30.5. The lowest BCUT2D eigenvalue weighted by atomic mass is 9.96. The van der Waals surface area contributed by atoms with E-state index in [2.05, 4.69) is 41.9 Å². The molecule has 1 aromatic heterocycles. The maximum Gasteiger partial charge on any atom is 0.282 e. The molecule has 0 radical (unpaired) electrons. The highest BCUT2D eigenvalue weighted by molar-refractivity contribution is 9.10. The van der Waals surface area contributed by atoms with Crippen LogP contribution in [0.2, 0.25) is 5.02 Å². The van der Waals surface area contributed by atoms with Gasteiger partial charge in [-0.25, -0.2) is 4.98 Å². The molecular weight excluding hydrogens is 626 g/mol. The molecule has 0 spiro atoms. The summed E-state index contributed by atoms with van der Waals surface area (Å²) in [5.41, 5.74) is 5.88. The van der Waals surface area contributed by atoms with E-state index in [0.717, 1.165) is 33.6 Å². The van der Waals surface area contributed by atoms with E-state index in [1.165, 1.54) is 4.68 Å². The van der Waals surface area contributed by atoms with Crippen LogP contribution in [0.15, 0.2) is 87.2 Å². The van der Waals surface area contributed by atoms with Gasteiger partial charge in [-0.15, -0.1) is 0 Å². The number of hydrogen-bond donors (Lipinski definition) is 0. The summed E-state index contributed by atoms with van der Waals surface area (Å²) in [5.74, 6) is 2.03. The topological polar surface area (TPSA) is 65.7 Å². The maximum atomic E-state index is 13.9. The lowest BCUT2D eigenvalue weighted by Crippen LogP contribution is -2.21. The first-order valence-electron chi connectivity index (χ1n) is 14.2. The first-order chi connectivity index (χ1) is 20.7. The van der Waals surface area contributed by atoms with Gasteiger partial charge < -0.3 is 9.47 Å². The lowest BCUT2D eigenvalue weighted by Gasteiger charge is -2.18. The van der Waals surface area contributed by atoms with Crippen molar-refractivity contribution in [3.63, 3.8) is 0 Å². The van der Waals surface area contributed by atoms with E-state index in [1.807, 2.05) is 63.2 Å². The molecule has 0 bridgehead atoms. The van der Waals surface area contributed by atoms with Gasteiger partial charge in [0.05, 0.1) is 28.2 Å². The van der Waals surface area contributed by atoms with Crippen LogP contribution in [-0.4, -0.2) is 22.5 Å². The van der Waals surface area contributed by atoms with E-state index in [9.17, 15) is 4.79 Å². The molecule has 4 aromatic carbocycles. The second-order valence-electron chi connectivity index (χ2n) is 10.7. The summed E-state index contributed by atoms with van der Waals surface area (Å²) >= 11 is 10.0. The minimum absolute atomic E-state index is 0.196. The van der Waals surface area contributed by atoms with Crippen molar-refractivity contribution in [3.8, 4) is 22.9 Å². The fourth-order valence-corrected chi connectivity index (χ4v) is 5.93. The summed E-state index contributed by atoms with van der Waals surface area (Å²) < 4.78 is 14.2. The molecule has 0 saturated carbocycles. The Bertz CT molecular complexity index is 1900. The Kier molecular flexibility index (Phi) is 9.33. The largest absolute Gasteiger partial charge is 0.494 e. The fraction of sp³-hybridized carbons (Fsp3) is 0.229. The second-order valence-corrected chi connectivity index (χ2v) is 12.0. The zero-order chi connectivity index (χ0) is 30.7. The normalized spacial score (nSPS) is 11.5. The smallest absolute Gasteiger partial charge is 0.282 e. The molecule has 0 atom stereocenters. The maximum absolute atomic E-state index is 13.9. The minimum atomic E-state index is -0.278. The summed E-state index contributed by atoms with van der Waals surface area (Å²) in [7, 11) is 0. The van der Waals surface area contributed by atoms with Gasteiger partial charge in [0.25, 0.3) is 5.56 Å². The van der Waals surface area contributed by atoms with Gasteiger partial charge in [-0.2, -0.15) is 9.78 Å².